The summed E-state index contributed by atoms with van der Waals surface area (Å²) in [6, 6.07) is 4.10. The van der Waals surface area contributed by atoms with E-state index in [2.05, 4.69) is 10.6 Å². The van der Waals surface area contributed by atoms with Gasteiger partial charge >= 0.3 is 6.09 Å². The van der Waals surface area contributed by atoms with E-state index in [-0.39, 0.29) is 29.9 Å². The lowest BCUT2D eigenvalue weighted by Crippen LogP contribution is -2.54. The van der Waals surface area contributed by atoms with Crippen LogP contribution in [-0.4, -0.2) is 68.8 Å². The topological polar surface area (TPSA) is 106 Å². The molecule has 0 aliphatic carbocycles. The number of rotatable bonds is 8. The number of likely N-dealkylation sites (tertiary alicyclic amines) is 1. The van der Waals surface area contributed by atoms with Crippen molar-refractivity contribution in [3.05, 3.63) is 23.8 Å². The summed E-state index contributed by atoms with van der Waals surface area (Å²) in [7, 11) is 3.02. The van der Waals surface area contributed by atoms with Crippen LogP contribution in [0.4, 0.5) is 4.79 Å². The van der Waals surface area contributed by atoms with Crippen molar-refractivity contribution in [3.63, 3.8) is 0 Å². The molecule has 0 aromatic heterocycles. The van der Waals surface area contributed by atoms with Crippen molar-refractivity contribution in [2.75, 3.05) is 33.9 Å². The summed E-state index contributed by atoms with van der Waals surface area (Å²) in [5.74, 6) is 0.235. The summed E-state index contributed by atoms with van der Waals surface area (Å²) >= 11 is 0. The molecule has 1 fully saturated rings. The molecule has 2 rings (SSSR count). The van der Waals surface area contributed by atoms with Crippen molar-refractivity contribution in [1.82, 2.24) is 15.5 Å². The van der Waals surface area contributed by atoms with Gasteiger partial charge in [0, 0.05) is 30.8 Å². The molecule has 2 N–H and O–H groups in total. The van der Waals surface area contributed by atoms with Crippen LogP contribution in [-0.2, 0) is 9.53 Å². The lowest BCUT2D eigenvalue weighted by Gasteiger charge is -2.33. The largest absolute Gasteiger partial charge is 0.497 e. The Bertz CT molecular complexity index is 752. The first-order valence-electron chi connectivity index (χ1n) is 10.5. The third kappa shape index (κ3) is 6.77. The van der Waals surface area contributed by atoms with Gasteiger partial charge in [0.1, 0.15) is 17.5 Å². The van der Waals surface area contributed by atoms with Crippen LogP contribution in [0.5, 0.6) is 11.5 Å². The minimum atomic E-state index is -0.701. The van der Waals surface area contributed by atoms with E-state index < -0.39 is 6.04 Å². The van der Waals surface area contributed by atoms with E-state index in [0.717, 1.165) is 0 Å². The van der Waals surface area contributed by atoms with Crippen LogP contribution in [0, 0.1) is 5.92 Å². The van der Waals surface area contributed by atoms with Crippen LogP contribution in [0.25, 0.3) is 0 Å². The number of hydrogen-bond acceptors (Lipinski definition) is 6. The molecule has 9 heteroatoms. The summed E-state index contributed by atoms with van der Waals surface area (Å²) in [6.45, 7) is 6.90. The van der Waals surface area contributed by atoms with Crippen LogP contribution >= 0.6 is 0 Å². The van der Waals surface area contributed by atoms with Gasteiger partial charge < -0.3 is 29.7 Å². The third-order valence-corrected chi connectivity index (χ3v) is 5.22. The van der Waals surface area contributed by atoms with Crippen LogP contribution in [0.3, 0.4) is 0 Å². The van der Waals surface area contributed by atoms with E-state index in [1.165, 1.54) is 14.2 Å². The summed E-state index contributed by atoms with van der Waals surface area (Å²) < 4.78 is 15.4. The Morgan fingerprint density at radius 2 is 1.65 bits per heavy atom. The van der Waals surface area contributed by atoms with E-state index >= 15 is 0 Å². The molecular weight excluding hydrogens is 402 g/mol. The number of nitrogens with one attached hydrogen (secondary N) is 2. The summed E-state index contributed by atoms with van der Waals surface area (Å²) in [5, 5.41) is 5.83. The average molecular weight is 436 g/mol. The fourth-order valence-electron chi connectivity index (χ4n) is 3.41. The van der Waals surface area contributed by atoms with E-state index in [1.807, 2.05) is 13.8 Å². The lowest BCUT2D eigenvalue weighted by molar-refractivity contribution is -0.124. The maximum Gasteiger partial charge on any atom is 0.409 e. The Morgan fingerprint density at radius 1 is 1.06 bits per heavy atom. The number of ether oxygens (including phenoxy) is 3. The Morgan fingerprint density at radius 3 is 2.13 bits per heavy atom. The number of methoxy groups -OCH3 is 2. The molecule has 1 saturated heterocycles. The van der Waals surface area contributed by atoms with Crippen LogP contribution in [0.15, 0.2) is 18.2 Å². The smallest absolute Gasteiger partial charge is 0.409 e. The van der Waals surface area contributed by atoms with Crippen molar-refractivity contribution in [1.29, 1.82) is 0 Å². The number of piperidine rings is 1. The highest BCUT2D eigenvalue weighted by Gasteiger charge is 2.29. The molecule has 0 radical (unpaired) electrons. The highest BCUT2D eigenvalue weighted by Crippen LogP contribution is 2.22. The predicted octanol–water partition coefficient (Wildman–Crippen LogP) is 2.20. The van der Waals surface area contributed by atoms with Crippen molar-refractivity contribution < 1.29 is 28.6 Å². The number of amides is 3. The molecule has 0 spiro atoms. The standard InChI is InChI=1S/C22H33N3O6/c1-6-31-22(28)25-9-7-16(8-10-25)23-21(27)19(14(2)3)24-20(26)15-11-17(29-4)13-18(12-15)30-5/h11-14,16,19H,6-10H2,1-5H3,(H,23,27)(H,24,26)/t19-/m0/s1. The van der Waals surface area contributed by atoms with Crippen LogP contribution < -0.4 is 20.1 Å². The zero-order chi connectivity index (χ0) is 23.0. The maximum absolute atomic E-state index is 12.9. The molecule has 1 atom stereocenters. The van der Waals surface area contributed by atoms with Crippen molar-refractivity contribution in [2.24, 2.45) is 5.92 Å². The van der Waals surface area contributed by atoms with Gasteiger partial charge in [-0.2, -0.15) is 0 Å². The Balaban J connectivity index is 1.99. The second kappa shape index (κ2) is 11.4. The summed E-state index contributed by atoms with van der Waals surface area (Å²) in [4.78, 5) is 39.2. The minimum Gasteiger partial charge on any atom is -0.497 e. The summed E-state index contributed by atoms with van der Waals surface area (Å²) in [6.07, 6.45) is 0.945. The summed E-state index contributed by atoms with van der Waals surface area (Å²) in [5.41, 5.74) is 0.345. The molecule has 0 unspecified atom stereocenters. The van der Waals surface area contributed by atoms with Gasteiger partial charge in [-0.15, -0.1) is 0 Å². The van der Waals surface area contributed by atoms with E-state index in [1.54, 1.807) is 30.0 Å². The van der Waals surface area contributed by atoms with Gasteiger partial charge in [-0.1, -0.05) is 13.8 Å². The molecule has 3 amide bonds. The fourth-order valence-corrected chi connectivity index (χ4v) is 3.41. The quantitative estimate of drug-likeness (QED) is 0.648. The van der Waals surface area contributed by atoms with Gasteiger partial charge in [-0.05, 0) is 37.8 Å². The van der Waals surface area contributed by atoms with E-state index in [9.17, 15) is 14.4 Å². The first-order valence-corrected chi connectivity index (χ1v) is 10.5. The number of carbonyl (C=O) groups is 3. The zero-order valence-corrected chi connectivity index (χ0v) is 18.9. The predicted molar refractivity (Wildman–Crippen MR) is 115 cm³/mol. The third-order valence-electron chi connectivity index (χ3n) is 5.22. The second-order valence-corrected chi connectivity index (χ2v) is 7.77. The van der Waals surface area contributed by atoms with Crippen molar-refractivity contribution >= 4 is 17.9 Å². The van der Waals surface area contributed by atoms with Gasteiger partial charge in [0.15, 0.2) is 0 Å². The van der Waals surface area contributed by atoms with Gasteiger partial charge in [0.05, 0.1) is 20.8 Å². The number of benzene rings is 1. The fraction of sp³-hybridized carbons (Fsp3) is 0.591. The van der Waals surface area contributed by atoms with Crippen molar-refractivity contribution in [2.45, 2.75) is 45.7 Å². The normalized spacial score (nSPS) is 15.2. The molecule has 9 nitrogen and oxygen atoms in total. The monoisotopic (exact) mass is 435 g/mol. The Kier molecular flexibility index (Phi) is 8.96. The maximum atomic E-state index is 12.9. The number of hydrogen-bond donors (Lipinski definition) is 2. The van der Waals surface area contributed by atoms with E-state index in [0.29, 0.717) is 49.6 Å². The second-order valence-electron chi connectivity index (χ2n) is 7.77. The van der Waals surface area contributed by atoms with Gasteiger partial charge in [0.2, 0.25) is 5.91 Å². The number of nitrogens with zero attached hydrogens (tertiary/aromatic N) is 1. The Hall–Kier alpha value is -2.97. The molecule has 1 heterocycles. The first-order chi connectivity index (χ1) is 14.8. The zero-order valence-electron chi connectivity index (χ0n) is 18.9. The molecule has 0 bridgehead atoms. The minimum absolute atomic E-state index is 0.0618. The molecule has 31 heavy (non-hydrogen) atoms. The molecular formula is C22H33N3O6. The molecule has 1 aliphatic rings. The van der Waals surface area contributed by atoms with E-state index in [4.69, 9.17) is 14.2 Å². The number of carbonyl (C=O) groups excluding carboxylic acids is 3. The van der Waals surface area contributed by atoms with Crippen LogP contribution in [0.1, 0.15) is 44.0 Å². The average Bonchev–Trinajstić information content (AvgIpc) is 2.77. The molecule has 1 aliphatic heterocycles. The van der Waals surface area contributed by atoms with Gasteiger partial charge in [-0.25, -0.2) is 4.79 Å². The van der Waals surface area contributed by atoms with Crippen LogP contribution in [0.2, 0.25) is 0 Å². The van der Waals surface area contributed by atoms with Gasteiger partial charge in [0.25, 0.3) is 5.91 Å². The van der Waals surface area contributed by atoms with Crippen molar-refractivity contribution in [3.8, 4) is 11.5 Å². The highest BCUT2D eigenvalue weighted by molar-refractivity contribution is 5.98. The molecule has 0 saturated carbocycles. The molecule has 1 aromatic carbocycles. The molecule has 1 aromatic rings. The first kappa shape index (κ1) is 24.3. The lowest BCUT2D eigenvalue weighted by atomic mass is 10.00. The SMILES string of the molecule is CCOC(=O)N1CCC(NC(=O)[C@@H](NC(=O)c2cc(OC)cc(OC)c2)C(C)C)CC1. The molecule has 172 valence electrons. The van der Waals surface area contributed by atoms with Gasteiger partial charge in [-0.3, -0.25) is 9.59 Å². The Labute approximate surface area is 183 Å². The highest BCUT2D eigenvalue weighted by atomic mass is 16.6.